The first-order valence-electron chi connectivity index (χ1n) is 9.81. The summed E-state index contributed by atoms with van der Waals surface area (Å²) in [5.74, 6) is 2.08. The van der Waals surface area contributed by atoms with Crippen molar-refractivity contribution in [3.8, 4) is 5.88 Å². The molecule has 26 heavy (non-hydrogen) atoms. The lowest BCUT2D eigenvalue weighted by Gasteiger charge is -2.34. The van der Waals surface area contributed by atoms with E-state index >= 15 is 0 Å². The fourth-order valence-corrected chi connectivity index (χ4v) is 3.46. The summed E-state index contributed by atoms with van der Waals surface area (Å²) in [7, 11) is 3.44. The standard InChI is InChI=1S/C20H35N5O/c1-16(2)18(25-11-7-5-6-8-12-25)15-24-20(21-3)23-14-17-9-10-19(26-4)22-13-17/h9-10,13,16,18H,5-8,11-12,14-15H2,1-4H3,(H2,21,23,24). The molecule has 0 aromatic carbocycles. The van der Waals surface area contributed by atoms with Gasteiger partial charge in [-0.05, 0) is 37.4 Å². The number of hydrogen-bond donors (Lipinski definition) is 2. The van der Waals surface area contributed by atoms with E-state index in [1.807, 2.05) is 25.4 Å². The van der Waals surface area contributed by atoms with Crippen molar-refractivity contribution in [2.24, 2.45) is 10.9 Å². The van der Waals surface area contributed by atoms with Crippen molar-refractivity contribution in [2.45, 2.75) is 52.1 Å². The molecule has 1 aromatic heterocycles. The lowest BCUT2D eigenvalue weighted by molar-refractivity contribution is 0.161. The second-order valence-corrected chi connectivity index (χ2v) is 7.28. The summed E-state index contributed by atoms with van der Waals surface area (Å²) in [6.07, 6.45) is 7.20. The minimum absolute atomic E-state index is 0.536. The van der Waals surface area contributed by atoms with E-state index in [0.29, 0.717) is 24.4 Å². The molecule has 0 spiro atoms. The quantitative estimate of drug-likeness (QED) is 0.577. The first kappa shape index (κ1) is 20.5. The van der Waals surface area contributed by atoms with Crippen LogP contribution >= 0.6 is 0 Å². The highest BCUT2D eigenvalue weighted by atomic mass is 16.5. The van der Waals surface area contributed by atoms with Crippen LogP contribution in [0.15, 0.2) is 23.3 Å². The molecule has 1 atom stereocenters. The number of pyridine rings is 1. The van der Waals surface area contributed by atoms with Gasteiger partial charge in [-0.15, -0.1) is 0 Å². The van der Waals surface area contributed by atoms with E-state index < -0.39 is 0 Å². The maximum Gasteiger partial charge on any atom is 0.212 e. The lowest BCUT2D eigenvalue weighted by Crippen LogP contribution is -2.49. The molecule has 1 fully saturated rings. The Morgan fingerprint density at radius 2 is 1.92 bits per heavy atom. The average Bonchev–Trinajstić information content (AvgIpc) is 2.94. The van der Waals surface area contributed by atoms with Gasteiger partial charge in [0.1, 0.15) is 0 Å². The van der Waals surface area contributed by atoms with Crippen molar-refractivity contribution in [1.29, 1.82) is 0 Å². The summed E-state index contributed by atoms with van der Waals surface area (Å²) in [6, 6.07) is 4.43. The first-order valence-corrected chi connectivity index (χ1v) is 9.81. The van der Waals surface area contributed by atoms with Crippen molar-refractivity contribution in [3.63, 3.8) is 0 Å². The van der Waals surface area contributed by atoms with Crippen LogP contribution in [0.2, 0.25) is 0 Å². The Kier molecular flexibility index (Phi) is 8.68. The molecule has 6 heteroatoms. The monoisotopic (exact) mass is 361 g/mol. The van der Waals surface area contributed by atoms with Crippen molar-refractivity contribution in [3.05, 3.63) is 23.9 Å². The normalized spacial score (nSPS) is 17.7. The molecule has 0 saturated carbocycles. The van der Waals surface area contributed by atoms with Crippen molar-refractivity contribution in [1.82, 2.24) is 20.5 Å². The Morgan fingerprint density at radius 1 is 1.19 bits per heavy atom. The van der Waals surface area contributed by atoms with Crippen LogP contribution < -0.4 is 15.4 Å². The van der Waals surface area contributed by atoms with Crippen LogP contribution in [0.1, 0.15) is 45.1 Å². The van der Waals surface area contributed by atoms with Gasteiger partial charge in [0.15, 0.2) is 5.96 Å². The number of ether oxygens (including phenoxy) is 1. The molecule has 1 aliphatic rings. The Bertz CT molecular complexity index is 536. The summed E-state index contributed by atoms with van der Waals surface area (Å²) < 4.78 is 5.10. The zero-order valence-electron chi connectivity index (χ0n) is 16.8. The summed E-state index contributed by atoms with van der Waals surface area (Å²) in [5.41, 5.74) is 1.10. The average molecular weight is 362 g/mol. The second-order valence-electron chi connectivity index (χ2n) is 7.28. The summed E-state index contributed by atoms with van der Waals surface area (Å²) >= 11 is 0. The molecular weight excluding hydrogens is 326 g/mol. The van der Waals surface area contributed by atoms with Crippen LogP contribution in [-0.2, 0) is 6.54 Å². The molecule has 0 amide bonds. The molecule has 6 nitrogen and oxygen atoms in total. The van der Waals surface area contributed by atoms with E-state index in [9.17, 15) is 0 Å². The molecule has 1 aliphatic heterocycles. The van der Waals surface area contributed by atoms with E-state index in [-0.39, 0.29) is 0 Å². The number of methoxy groups -OCH3 is 1. The minimum Gasteiger partial charge on any atom is -0.481 e. The molecule has 0 aliphatic carbocycles. The van der Waals surface area contributed by atoms with Gasteiger partial charge in [0.2, 0.25) is 5.88 Å². The van der Waals surface area contributed by atoms with Gasteiger partial charge in [0, 0.05) is 38.4 Å². The molecular formula is C20H35N5O. The van der Waals surface area contributed by atoms with Gasteiger partial charge < -0.3 is 15.4 Å². The molecule has 1 unspecified atom stereocenters. The summed E-state index contributed by atoms with van der Waals surface area (Å²) in [6.45, 7) is 8.67. The van der Waals surface area contributed by atoms with E-state index in [1.165, 1.54) is 38.8 Å². The van der Waals surface area contributed by atoms with Gasteiger partial charge >= 0.3 is 0 Å². The number of hydrogen-bond acceptors (Lipinski definition) is 4. The van der Waals surface area contributed by atoms with Crippen LogP contribution in [0.4, 0.5) is 0 Å². The van der Waals surface area contributed by atoms with E-state index in [4.69, 9.17) is 4.74 Å². The molecule has 1 aromatic rings. The van der Waals surface area contributed by atoms with Crippen LogP contribution in [0, 0.1) is 5.92 Å². The van der Waals surface area contributed by atoms with Crippen LogP contribution in [0.5, 0.6) is 5.88 Å². The number of aliphatic imine (C=N–C) groups is 1. The molecule has 146 valence electrons. The lowest BCUT2D eigenvalue weighted by atomic mass is 10.0. The number of aromatic nitrogens is 1. The number of nitrogens with zero attached hydrogens (tertiary/aromatic N) is 3. The van der Waals surface area contributed by atoms with Crippen molar-refractivity contribution < 1.29 is 4.74 Å². The van der Waals surface area contributed by atoms with Gasteiger partial charge in [0.25, 0.3) is 0 Å². The maximum absolute atomic E-state index is 5.10. The Morgan fingerprint density at radius 3 is 2.46 bits per heavy atom. The largest absolute Gasteiger partial charge is 0.481 e. The van der Waals surface area contributed by atoms with E-state index in [0.717, 1.165) is 18.1 Å². The molecule has 0 bridgehead atoms. The van der Waals surface area contributed by atoms with Gasteiger partial charge in [-0.2, -0.15) is 0 Å². The van der Waals surface area contributed by atoms with Crippen LogP contribution in [-0.4, -0.2) is 55.7 Å². The van der Waals surface area contributed by atoms with Crippen LogP contribution in [0.3, 0.4) is 0 Å². The highest BCUT2D eigenvalue weighted by Crippen LogP contribution is 2.17. The molecule has 2 N–H and O–H groups in total. The topological polar surface area (TPSA) is 61.8 Å². The van der Waals surface area contributed by atoms with Crippen molar-refractivity contribution >= 4 is 5.96 Å². The number of nitrogens with one attached hydrogen (secondary N) is 2. The van der Waals surface area contributed by atoms with E-state index in [1.54, 1.807) is 7.11 Å². The third kappa shape index (κ3) is 6.48. The zero-order chi connectivity index (χ0) is 18.8. The van der Waals surface area contributed by atoms with Gasteiger partial charge in [-0.1, -0.05) is 32.8 Å². The third-order valence-electron chi connectivity index (χ3n) is 5.05. The van der Waals surface area contributed by atoms with Gasteiger partial charge in [-0.3, -0.25) is 9.89 Å². The molecule has 2 rings (SSSR count). The summed E-state index contributed by atoms with van der Waals surface area (Å²) in [5, 5.41) is 6.89. The number of likely N-dealkylation sites (tertiary alicyclic amines) is 1. The smallest absolute Gasteiger partial charge is 0.212 e. The molecule has 2 heterocycles. The minimum atomic E-state index is 0.536. The van der Waals surface area contributed by atoms with Gasteiger partial charge in [0.05, 0.1) is 7.11 Å². The highest BCUT2D eigenvalue weighted by Gasteiger charge is 2.22. The Labute approximate surface area is 158 Å². The van der Waals surface area contributed by atoms with E-state index in [2.05, 4.69) is 39.4 Å². The van der Waals surface area contributed by atoms with Crippen molar-refractivity contribution in [2.75, 3.05) is 33.8 Å². The fourth-order valence-electron chi connectivity index (χ4n) is 3.46. The summed E-state index contributed by atoms with van der Waals surface area (Å²) in [4.78, 5) is 11.3. The Balaban J connectivity index is 1.84. The molecule has 0 radical (unpaired) electrons. The zero-order valence-corrected chi connectivity index (χ0v) is 16.8. The molecule has 1 saturated heterocycles. The maximum atomic E-state index is 5.10. The van der Waals surface area contributed by atoms with Gasteiger partial charge in [-0.25, -0.2) is 4.98 Å². The number of guanidine groups is 1. The third-order valence-corrected chi connectivity index (χ3v) is 5.05. The highest BCUT2D eigenvalue weighted by molar-refractivity contribution is 5.79. The Hall–Kier alpha value is -1.82. The predicted octanol–water partition coefficient (Wildman–Crippen LogP) is 2.66. The van der Waals surface area contributed by atoms with Crippen LogP contribution in [0.25, 0.3) is 0 Å². The second kappa shape index (κ2) is 11.0. The fraction of sp³-hybridized carbons (Fsp3) is 0.700. The SMILES string of the molecule is CN=C(NCc1ccc(OC)nc1)NCC(C(C)C)N1CCCCCC1. The number of rotatable bonds is 7. The first-order chi connectivity index (χ1) is 12.6. The predicted molar refractivity (Wildman–Crippen MR) is 108 cm³/mol.